The maximum atomic E-state index is 12.3. The lowest BCUT2D eigenvalue weighted by Gasteiger charge is -2.23. The first-order valence-electron chi connectivity index (χ1n) is 9.04. The van der Waals surface area contributed by atoms with E-state index < -0.39 is 0 Å². The van der Waals surface area contributed by atoms with Crippen LogP contribution in [-0.2, 0) is 10.5 Å². The number of aryl methyl sites for hydroxylation is 2. The molecule has 3 N–H and O–H groups in total. The van der Waals surface area contributed by atoms with Crippen LogP contribution in [0.15, 0.2) is 4.79 Å². The Balaban J connectivity index is 0.00000261. The largest absolute Gasteiger partial charge is 0.355 e. The van der Waals surface area contributed by atoms with Gasteiger partial charge in [-0.15, -0.1) is 35.5 Å². The molecule has 1 fully saturated rings. The molecule has 3 heterocycles. The summed E-state index contributed by atoms with van der Waals surface area (Å²) in [6, 6.07) is 0. The van der Waals surface area contributed by atoms with Gasteiger partial charge < -0.3 is 15.6 Å². The van der Waals surface area contributed by atoms with E-state index >= 15 is 0 Å². The molecule has 1 amide bonds. The third-order valence-electron chi connectivity index (χ3n) is 4.89. The molecular formula is C18H27ClN4O2S2. The molecule has 0 radical (unpaired) electrons. The molecule has 0 bridgehead atoms. The highest BCUT2D eigenvalue weighted by Crippen LogP contribution is 2.26. The van der Waals surface area contributed by atoms with Gasteiger partial charge in [0.15, 0.2) is 0 Å². The van der Waals surface area contributed by atoms with E-state index in [0.717, 1.165) is 34.9 Å². The van der Waals surface area contributed by atoms with E-state index in [1.807, 2.05) is 20.8 Å². The minimum Gasteiger partial charge on any atom is -0.355 e. The Morgan fingerprint density at radius 2 is 2.22 bits per heavy atom. The molecule has 0 spiro atoms. The molecule has 1 aliphatic heterocycles. The van der Waals surface area contributed by atoms with E-state index in [4.69, 9.17) is 0 Å². The molecule has 150 valence electrons. The highest BCUT2D eigenvalue weighted by atomic mass is 35.5. The van der Waals surface area contributed by atoms with Crippen molar-refractivity contribution in [3.63, 3.8) is 0 Å². The molecule has 6 nitrogen and oxygen atoms in total. The Kier molecular flexibility index (Phi) is 8.15. The molecule has 2 aromatic rings. The van der Waals surface area contributed by atoms with E-state index in [9.17, 15) is 9.59 Å². The highest BCUT2D eigenvalue weighted by Gasteiger charge is 2.18. The molecule has 2 atom stereocenters. The highest BCUT2D eigenvalue weighted by molar-refractivity contribution is 7.99. The van der Waals surface area contributed by atoms with Crippen molar-refractivity contribution in [1.29, 1.82) is 0 Å². The van der Waals surface area contributed by atoms with Crippen LogP contribution in [0.2, 0.25) is 0 Å². The standard InChI is InChI=1S/C18H26N4O2S2.ClH/c1-10-11(2)26-18-15(10)17(24)21-14(22-18)9-25-12(3)16(23)20-8-13-5-4-6-19-7-13;/h12-13,19H,4-9H2,1-3H3,(H,20,23)(H,21,22,24);1H. The number of nitrogens with one attached hydrogen (secondary N) is 3. The summed E-state index contributed by atoms with van der Waals surface area (Å²) in [6.45, 7) is 8.64. The lowest BCUT2D eigenvalue weighted by molar-refractivity contribution is -0.120. The minimum absolute atomic E-state index is 0. The number of piperidine rings is 1. The van der Waals surface area contributed by atoms with Crippen LogP contribution in [0.4, 0.5) is 0 Å². The van der Waals surface area contributed by atoms with Gasteiger partial charge >= 0.3 is 0 Å². The number of amides is 1. The van der Waals surface area contributed by atoms with Gasteiger partial charge in [0.1, 0.15) is 10.7 Å². The number of hydrogen-bond donors (Lipinski definition) is 3. The fourth-order valence-electron chi connectivity index (χ4n) is 3.13. The average molecular weight is 431 g/mol. The second-order valence-corrected chi connectivity index (χ2v) is 9.42. The minimum atomic E-state index is -0.181. The van der Waals surface area contributed by atoms with Gasteiger partial charge in [-0.05, 0) is 58.2 Å². The van der Waals surface area contributed by atoms with Gasteiger partial charge in [-0.1, -0.05) is 0 Å². The number of rotatable bonds is 6. The smallest absolute Gasteiger partial charge is 0.259 e. The summed E-state index contributed by atoms with van der Waals surface area (Å²) in [7, 11) is 0. The predicted molar refractivity (Wildman–Crippen MR) is 116 cm³/mol. The van der Waals surface area contributed by atoms with E-state index in [0.29, 0.717) is 22.9 Å². The second kappa shape index (κ2) is 9.91. The first-order valence-corrected chi connectivity index (χ1v) is 10.9. The second-order valence-electron chi connectivity index (χ2n) is 6.89. The Hall–Kier alpha value is -1.09. The first-order chi connectivity index (χ1) is 12.5. The fraction of sp³-hybridized carbons (Fsp3) is 0.611. The Labute approximate surface area is 173 Å². The number of hydrogen-bond acceptors (Lipinski definition) is 6. The molecular weight excluding hydrogens is 404 g/mol. The number of thiophene rings is 1. The summed E-state index contributed by atoms with van der Waals surface area (Å²) in [5, 5.41) is 6.92. The quantitative estimate of drug-likeness (QED) is 0.655. The van der Waals surface area contributed by atoms with Crippen molar-refractivity contribution in [2.75, 3.05) is 19.6 Å². The van der Waals surface area contributed by atoms with E-state index in [-0.39, 0.29) is 29.1 Å². The summed E-state index contributed by atoms with van der Waals surface area (Å²) >= 11 is 3.04. The van der Waals surface area contributed by atoms with Crippen molar-refractivity contribution >= 4 is 51.6 Å². The summed E-state index contributed by atoms with van der Waals surface area (Å²) < 4.78 is 0. The van der Waals surface area contributed by atoms with Crippen molar-refractivity contribution in [2.24, 2.45) is 5.92 Å². The van der Waals surface area contributed by atoms with Gasteiger partial charge in [0.05, 0.1) is 16.4 Å². The SMILES string of the molecule is Cc1sc2nc(CSC(C)C(=O)NCC3CCCNC3)[nH]c(=O)c2c1C.Cl. The summed E-state index contributed by atoms with van der Waals surface area (Å²) in [5.74, 6) is 1.72. The Morgan fingerprint density at radius 1 is 1.44 bits per heavy atom. The molecule has 1 aliphatic rings. The van der Waals surface area contributed by atoms with Crippen molar-refractivity contribution in [1.82, 2.24) is 20.6 Å². The number of H-pyrrole nitrogens is 1. The molecule has 0 aliphatic carbocycles. The Morgan fingerprint density at radius 3 is 2.93 bits per heavy atom. The van der Waals surface area contributed by atoms with Crippen LogP contribution in [0, 0.1) is 19.8 Å². The van der Waals surface area contributed by atoms with Crippen molar-refractivity contribution in [3.05, 3.63) is 26.6 Å². The molecule has 1 saturated heterocycles. The molecule has 2 unspecified atom stereocenters. The van der Waals surface area contributed by atoms with E-state index in [1.165, 1.54) is 24.6 Å². The number of carbonyl (C=O) groups excluding carboxylic acids is 1. The third kappa shape index (κ3) is 5.47. The molecule has 2 aromatic heterocycles. The third-order valence-corrected chi connectivity index (χ3v) is 7.15. The molecule has 0 aromatic carbocycles. The number of halogens is 1. The maximum Gasteiger partial charge on any atom is 0.259 e. The van der Waals surface area contributed by atoms with Crippen LogP contribution in [0.5, 0.6) is 0 Å². The van der Waals surface area contributed by atoms with E-state index in [1.54, 1.807) is 11.3 Å². The summed E-state index contributed by atoms with van der Waals surface area (Å²) in [6.07, 6.45) is 2.34. The van der Waals surface area contributed by atoms with Crippen LogP contribution in [0.25, 0.3) is 10.2 Å². The van der Waals surface area contributed by atoms with Gasteiger partial charge in [0, 0.05) is 11.4 Å². The normalized spacial score (nSPS) is 18.1. The van der Waals surface area contributed by atoms with Crippen molar-refractivity contribution < 1.29 is 4.79 Å². The zero-order valence-corrected chi connectivity index (χ0v) is 18.3. The predicted octanol–water partition coefficient (Wildman–Crippen LogP) is 2.76. The number of thioether (sulfide) groups is 1. The van der Waals surface area contributed by atoms with Crippen LogP contribution in [-0.4, -0.2) is 40.8 Å². The van der Waals surface area contributed by atoms with Gasteiger partial charge in [-0.25, -0.2) is 4.98 Å². The van der Waals surface area contributed by atoms with Crippen LogP contribution in [0.3, 0.4) is 0 Å². The lowest BCUT2D eigenvalue weighted by atomic mass is 10.00. The summed E-state index contributed by atoms with van der Waals surface area (Å²) in [5.41, 5.74) is 0.914. The average Bonchev–Trinajstić information content (AvgIpc) is 2.92. The molecule has 0 saturated carbocycles. The maximum absolute atomic E-state index is 12.3. The van der Waals surface area contributed by atoms with Crippen LogP contribution < -0.4 is 16.2 Å². The van der Waals surface area contributed by atoms with Gasteiger partial charge in [0.25, 0.3) is 5.56 Å². The molecule has 9 heteroatoms. The van der Waals surface area contributed by atoms with Gasteiger partial charge in [0.2, 0.25) is 5.91 Å². The number of carbonyl (C=O) groups is 1. The number of fused-ring (bicyclic) bond motifs is 1. The summed E-state index contributed by atoms with van der Waals surface area (Å²) in [4.78, 5) is 33.9. The van der Waals surface area contributed by atoms with Crippen molar-refractivity contribution in [2.45, 2.75) is 44.6 Å². The number of aromatic amines is 1. The fourth-order valence-corrected chi connectivity index (χ4v) is 4.96. The monoisotopic (exact) mass is 430 g/mol. The number of aromatic nitrogens is 2. The zero-order valence-electron chi connectivity index (χ0n) is 15.9. The topological polar surface area (TPSA) is 86.9 Å². The van der Waals surface area contributed by atoms with Gasteiger partial charge in [-0.2, -0.15) is 0 Å². The molecule has 27 heavy (non-hydrogen) atoms. The van der Waals surface area contributed by atoms with Gasteiger partial charge in [-0.3, -0.25) is 9.59 Å². The molecule has 3 rings (SSSR count). The van der Waals surface area contributed by atoms with Crippen LogP contribution in [0.1, 0.15) is 36.0 Å². The first kappa shape index (κ1) is 22.2. The van der Waals surface area contributed by atoms with Crippen LogP contribution >= 0.6 is 35.5 Å². The lowest BCUT2D eigenvalue weighted by Crippen LogP contribution is -2.40. The van der Waals surface area contributed by atoms with E-state index in [2.05, 4.69) is 20.6 Å². The van der Waals surface area contributed by atoms with Crippen molar-refractivity contribution in [3.8, 4) is 0 Å². The zero-order chi connectivity index (χ0) is 18.7. The number of nitrogens with zero attached hydrogens (tertiary/aromatic N) is 1. The Bertz CT molecular complexity index is 846.